The minimum atomic E-state index is -4.14. The fourth-order valence-electron chi connectivity index (χ4n) is 4.29. The van der Waals surface area contributed by atoms with Crippen LogP contribution >= 0.6 is 11.6 Å². The van der Waals surface area contributed by atoms with E-state index in [1.165, 1.54) is 74.9 Å². The van der Waals surface area contributed by atoms with Crippen LogP contribution in [0.2, 0.25) is 5.02 Å². The Kier molecular flexibility index (Phi) is 8.77. The Hall–Kier alpha value is -3.85. The molecule has 3 aromatic carbocycles. The standard InChI is InChI=1S/C26H26ClN3O9S2/c1-38-23-14-20(21(15-24(23)39-2)29-40(34,35)18-9-5-16(27)6-10-18)25(31)28-17-7-11-19(12-8-17)41(36,37)30-13-3-4-22(30)26(32)33/h5-12,14-15,22,29H,3-4,13H2,1-2H3,(H,28,31)(H,32,33). The van der Waals surface area contributed by atoms with Crippen molar-refractivity contribution in [3.8, 4) is 11.5 Å². The first-order chi connectivity index (χ1) is 19.4. The molecule has 0 saturated carbocycles. The lowest BCUT2D eigenvalue weighted by Gasteiger charge is -2.21. The Morgan fingerprint density at radius 2 is 1.51 bits per heavy atom. The summed E-state index contributed by atoms with van der Waals surface area (Å²) >= 11 is 5.87. The first-order valence-corrected chi connectivity index (χ1v) is 15.4. The SMILES string of the molecule is COc1cc(NS(=O)(=O)c2ccc(Cl)cc2)c(C(=O)Nc2ccc(S(=O)(=O)N3CCCC3C(=O)O)cc2)cc1OC. The smallest absolute Gasteiger partial charge is 0.322 e. The van der Waals surface area contributed by atoms with Gasteiger partial charge in [0, 0.05) is 23.3 Å². The van der Waals surface area contributed by atoms with Crippen LogP contribution in [0.3, 0.4) is 0 Å². The van der Waals surface area contributed by atoms with Crippen LogP contribution in [-0.4, -0.2) is 64.9 Å². The number of rotatable bonds is 10. The van der Waals surface area contributed by atoms with Gasteiger partial charge < -0.3 is 19.9 Å². The average molecular weight is 624 g/mol. The molecular formula is C26H26ClN3O9S2. The van der Waals surface area contributed by atoms with Gasteiger partial charge in [-0.15, -0.1) is 0 Å². The third kappa shape index (κ3) is 6.40. The van der Waals surface area contributed by atoms with Gasteiger partial charge in [0.2, 0.25) is 10.0 Å². The molecule has 1 fully saturated rings. The minimum Gasteiger partial charge on any atom is -0.493 e. The summed E-state index contributed by atoms with van der Waals surface area (Å²) in [4.78, 5) is 24.6. The molecule has 0 aromatic heterocycles. The number of anilines is 2. The van der Waals surface area contributed by atoms with Crippen LogP contribution in [0.25, 0.3) is 0 Å². The fourth-order valence-corrected chi connectivity index (χ4v) is 7.13. The topological polar surface area (TPSA) is 168 Å². The van der Waals surface area contributed by atoms with Crippen molar-refractivity contribution in [2.24, 2.45) is 0 Å². The number of carboxylic acid groups (broad SMARTS) is 1. The van der Waals surface area contributed by atoms with Crippen LogP contribution in [0.5, 0.6) is 11.5 Å². The molecular weight excluding hydrogens is 598 g/mol. The van der Waals surface area contributed by atoms with Gasteiger partial charge in [-0.2, -0.15) is 4.31 Å². The number of carbonyl (C=O) groups is 2. The van der Waals surface area contributed by atoms with Crippen LogP contribution in [0.15, 0.2) is 70.5 Å². The van der Waals surface area contributed by atoms with Gasteiger partial charge in [0.15, 0.2) is 11.5 Å². The highest BCUT2D eigenvalue weighted by Gasteiger charge is 2.39. The van der Waals surface area contributed by atoms with Gasteiger partial charge in [0.1, 0.15) is 6.04 Å². The molecule has 1 amide bonds. The van der Waals surface area contributed by atoms with Gasteiger partial charge in [-0.05, 0) is 67.4 Å². The van der Waals surface area contributed by atoms with Crippen molar-refractivity contribution in [2.45, 2.75) is 28.7 Å². The number of sulfonamides is 2. The summed E-state index contributed by atoms with van der Waals surface area (Å²) < 4.78 is 66.0. The van der Waals surface area contributed by atoms with E-state index >= 15 is 0 Å². The molecule has 12 nitrogen and oxygen atoms in total. The summed E-state index contributed by atoms with van der Waals surface area (Å²) in [5.74, 6) is -1.63. The number of carboxylic acids is 1. The number of amides is 1. The molecule has 0 radical (unpaired) electrons. The second kappa shape index (κ2) is 11.9. The Morgan fingerprint density at radius 1 is 0.927 bits per heavy atom. The van der Waals surface area contributed by atoms with E-state index < -0.39 is 38.0 Å². The molecule has 1 saturated heterocycles. The van der Waals surface area contributed by atoms with E-state index in [1.54, 1.807) is 0 Å². The van der Waals surface area contributed by atoms with E-state index in [0.29, 0.717) is 11.4 Å². The second-order valence-electron chi connectivity index (χ2n) is 8.90. The summed E-state index contributed by atoms with van der Waals surface area (Å²) in [7, 11) is -5.52. The number of methoxy groups -OCH3 is 2. The highest BCUT2D eigenvalue weighted by Crippen LogP contribution is 2.35. The van der Waals surface area contributed by atoms with Crippen LogP contribution in [0.1, 0.15) is 23.2 Å². The molecule has 218 valence electrons. The van der Waals surface area contributed by atoms with Gasteiger partial charge in [-0.25, -0.2) is 16.8 Å². The molecule has 0 bridgehead atoms. The Bertz CT molecular complexity index is 1680. The predicted octanol–water partition coefficient (Wildman–Crippen LogP) is 3.65. The summed E-state index contributed by atoms with van der Waals surface area (Å²) in [6.07, 6.45) is 0.651. The summed E-state index contributed by atoms with van der Waals surface area (Å²) in [6.45, 7) is 0.0891. The molecule has 0 spiro atoms. The molecule has 15 heteroatoms. The summed E-state index contributed by atoms with van der Waals surface area (Å²) in [6, 6.07) is 12.1. The maximum Gasteiger partial charge on any atom is 0.322 e. The maximum atomic E-state index is 13.3. The molecule has 1 aliphatic rings. The second-order valence-corrected chi connectivity index (χ2v) is 12.9. The number of hydrogen-bond donors (Lipinski definition) is 3. The van der Waals surface area contributed by atoms with Gasteiger partial charge >= 0.3 is 5.97 Å². The largest absolute Gasteiger partial charge is 0.493 e. The third-order valence-electron chi connectivity index (χ3n) is 6.34. The van der Waals surface area contributed by atoms with Crippen molar-refractivity contribution in [1.29, 1.82) is 0 Å². The summed E-state index contributed by atoms with van der Waals surface area (Å²) in [5, 5.41) is 12.3. The maximum absolute atomic E-state index is 13.3. The number of halogens is 1. The fraction of sp³-hybridized carbons (Fsp3) is 0.231. The zero-order valence-electron chi connectivity index (χ0n) is 21.8. The molecule has 0 aliphatic carbocycles. The number of hydrogen-bond acceptors (Lipinski definition) is 8. The molecule has 1 aliphatic heterocycles. The number of carbonyl (C=O) groups excluding carboxylic acids is 1. The molecule has 1 atom stereocenters. The van der Waals surface area contributed by atoms with Crippen molar-refractivity contribution in [2.75, 3.05) is 30.8 Å². The number of nitrogens with zero attached hydrogens (tertiary/aromatic N) is 1. The number of benzene rings is 3. The molecule has 3 N–H and O–H groups in total. The first kappa shape index (κ1) is 30.1. The monoisotopic (exact) mass is 623 g/mol. The minimum absolute atomic E-state index is 0.0891. The Balaban J connectivity index is 1.62. The van der Waals surface area contributed by atoms with E-state index in [0.717, 1.165) is 4.31 Å². The lowest BCUT2D eigenvalue weighted by atomic mass is 10.1. The van der Waals surface area contributed by atoms with Gasteiger partial charge in [-0.1, -0.05) is 11.6 Å². The first-order valence-electron chi connectivity index (χ1n) is 12.1. The lowest BCUT2D eigenvalue weighted by molar-refractivity contribution is -0.140. The molecule has 1 unspecified atom stereocenters. The molecule has 4 rings (SSSR count). The zero-order valence-corrected chi connectivity index (χ0v) is 24.2. The van der Waals surface area contributed by atoms with Crippen molar-refractivity contribution in [3.05, 3.63) is 71.2 Å². The molecule has 1 heterocycles. The average Bonchev–Trinajstić information content (AvgIpc) is 3.45. The van der Waals surface area contributed by atoms with E-state index in [4.69, 9.17) is 21.1 Å². The van der Waals surface area contributed by atoms with Crippen molar-refractivity contribution in [1.82, 2.24) is 4.31 Å². The lowest BCUT2D eigenvalue weighted by Crippen LogP contribution is -2.40. The predicted molar refractivity (Wildman–Crippen MR) is 151 cm³/mol. The normalized spacial score (nSPS) is 15.7. The van der Waals surface area contributed by atoms with Crippen molar-refractivity contribution in [3.63, 3.8) is 0 Å². The van der Waals surface area contributed by atoms with Gasteiger partial charge in [0.25, 0.3) is 15.9 Å². The van der Waals surface area contributed by atoms with E-state index in [1.807, 2.05) is 0 Å². The highest BCUT2D eigenvalue weighted by atomic mass is 35.5. The van der Waals surface area contributed by atoms with Gasteiger partial charge in [-0.3, -0.25) is 14.3 Å². The van der Waals surface area contributed by atoms with Gasteiger partial charge in [0.05, 0.1) is 35.3 Å². The third-order valence-corrected chi connectivity index (χ3v) is 9.90. The number of nitrogens with one attached hydrogen (secondary N) is 2. The van der Waals surface area contributed by atoms with Crippen molar-refractivity contribution < 1.29 is 41.0 Å². The quantitative estimate of drug-likeness (QED) is 0.305. The van der Waals surface area contributed by atoms with E-state index in [2.05, 4.69) is 10.0 Å². The van der Waals surface area contributed by atoms with Crippen molar-refractivity contribution >= 4 is 54.9 Å². The Labute approximate surface area is 241 Å². The number of ether oxygens (including phenoxy) is 2. The van der Waals surface area contributed by atoms with Crippen LogP contribution < -0.4 is 19.5 Å². The molecule has 41 heavy (non-hydrogen) atoms. The number of aliphatic carboxylic acids is 1. The van der Waals surface area contributed by atoms with E-state index in [9.17, 15) is 31.5 Å². The Morgan fingerprint density at radius 3 is 2.10 bits per heavy atom. The molecule has 3 aromatic rings. The highest BCUT2D eigenvalue weighted by molar-refractivity contribution is 7.92. The summed E-state index contributed by atoms with van der Waals surface area (Å²) in [5.41, 5.74) is -0.0206. The van der Waals surface area contributed by atoms with E-state index in [-0.39, 0.29) is 51.2 Å². The van der Waals surface area contributed by atoms with Crippen LogP contribution in [0, 0.1) is 0 Å². The zero-order chi connectivity index (χ0) is 29.9. The van der Waals surface area contributed by atoms with Crippen LogP contribution in [-0.2, 0) is 24.8 Å². The van der Waals surface area contributed by atoms with Crippen LogP contribution in [0.4, 0.5) is 11.4 Å².